The molecule has 2 aromatic carbocycles. The van der Waals surface area contributed by atoms with Gasteiger partial charge >= 0.3 is 0 Å². The van der Waals surface area contributed by atoms with Gasteiger partial charge in [-0.15, -0.1) is 0 Å². The summed E-state index contributed by atoms with van der Waals surface area (Å²) in [6.45, 7) is 3.96. The first-order chi connectivity index (χ1) is 14.1. The van der Waals surface area contributed by atoms with E-state index in [-0.39, 0.29) is 18.1 Å². The van der Waals surface area contributed by atoms with Crippen molar-refractivity contribution in [3.63, 3.8) is 0 Å². The van der Waals surface area contributed by atoms with Crippen LogP contribution in [0, 0.1) is 0 Å². The van der Waals surface area contributed by atoms with Gasteiger partial charge in [0.15, 0.2) is 11.5 Å². The van der Waals surface area contributed by atoms with Crippen molar-refractivity contribution in [2.45, 2.75) is 17.6 Å². The van der Waals surface area contributed by atoms with Crippen LogP contribution in [0.3, 0.4) is 0 Å². The maximum atomic E-state index is 13.6. The van der Waals surface area contributed by atoms with Gasteiger partial charge in [0.05, 0.1) is 13.2 Å². The SMILES string of the molecule is O=C1CC2(c3ccccc3)C(=O)c3ccccc3C2(O)N1CCN1CCOCC1. The number of nitrogens with zero attached hydrogens (tertiary/aromatic N) is 2. The van der Waals surface area contributed by atoms with Crippen molar-refractivity contribution in [1.29, 1.82) is 0 Å². The van der Waals surface area contributed by atoms with E-state index in [9.17, 15) is 14.7 Å². The van der Waals surface area contributed by atoms with Gasteiger partial charge in [0.2, 0.25) is 5.91 Å². The van der Waals surface area contributed by atoms with Gasteiger partial charge < -0.3 is 14.7 Å². The Morgan fingerprint density at radius 3 is 2.38 bits per heavy atom. The lowest BCUT2D eigenvalue weighted by Crippen LogP contribution is -2.55. The second-order valence-corrected chi connectivity index (χ2v) is 7.99. The summed E-state index contributed by atoms with van der Waals surface area (Å²) in [5, 5.41) is 12.2. The number of aliphatic hydroxyl groups is 1. The van der Waals surface area contributed by atoms with Crippen LogP contribution in [0.25, 0.3) is 0 Å². The summed E-state index contributed by atoms with van der Waals surface area (Å²) in [4.78, 5) is 30.6. The van der Waals surface area contributed by atoms with Crippen LogP contribution in [0.15, 0.2) is 54.6 Å². The number of carbonyl (C=O) groups is 2. The van der Waals surface area contributed by atoms with Crippen LogP contribution in [-0.4, -0.2) is 66.0 Å². The number of rotatable bonds is 4. The van der Waals surface area contributed by atoms with Crippen molar-refractivity contribution in [2.75, 3.05) is 39.4 Å². The average molecular weight is 392 g/mol. The minimum atomic E-state index is -1.68. The Hall–Kier alpha value is -2.54. The number of carbonyl (C=O) groups excluding carboxylic acids is 2. The van der Waals surface area contributed by atoms with Gasteiger partial charge in [-0.3, -0.25) is 14.5 Å². The monoisotopic (exact) mass is 392 g/mol. The van der Waals surface area contributed by atoms with E-state index in [1.165, 1.54) is 4.90 Å². The Bertz CT molecular complexity index is 956. The summed E-state index contributed by atoms with van der Waals surface area (Å²) in [5.74, 6) is -0.364. The van der Waals surface area contributed by atoms with E-state index >= 15 is 0 Å². The number of hydrogen-bond acceptors (Lipinski definition) is 5. The molecule has 2 fully saturated rings. The van der Waals surface area contributed by atoms with Crippen LogP contribution in [0.4, 0.5) is 0 Å². The van der Waals surface area contributed by atoms with Crippen LogP contribution < -0.4 is 0 Å². The van der Waals surface area contributed by atoms with Gasteiger partial charge in [-0.1, -0.05) is 54.6 Å². The zero-order valence-electron chi connectivity index (χ0n) is 16.2. The van der Waals surface area contributed by atoms with E-state index in [4.69, 9.17) is 4.74 Å². The molecule has 2 atom stereocenters. The Labute approximate surface area is 169 Å². The van der Waals surface area contributed by atoms with E-state index in [1.54, 1.807) is 18.2 Å². The van der Waals surface area contributed by atoms with Crippen molar-refractivity contribution in [1.82, 2.24) is 9.80 Å². The van der Waals surface area contributed by atoms with E-state index in [0.717, 1.165) is 13.1 Å². The highest BCUT2D eigenvalue weighted by atomic mass is 16.5. The predicted molar refractivity (Wildman–Crippen MR) is 106 cm³/mol. The minimum Gasteiger partial charge on any atom is -0.379 e. The van der Waals surface area contributed by atoms with Gasteiger partial charge in [0.25, 0.3) is 0 Å². The maximum absolute atomic E-state index is 13.6. The lowest BCUT2D eigenvalue weighted by atomic mass is 9.71. The number of fused-ring (bicyclic) bond motifs is 3. The minimum absolute atomic E-state index is 0.0237. The number of benzene rings is 2. The largest absolute Gasteiger partial charge is 0.379 e. The molecule has 1 N–H and O–H groups in total. The molecule has 2 aromatic rings. The normalized spacial score (nSPS) is 29.2. The highest BCUT2D eigenvalue weighted by Crippen LogP contribution is 2.59. The summed E-state index contributed by atoms with van der Waals surface area (Å²) in [6.07, 6.45) is -0.0237. The molecule has 2 heterocycles. The molecule has 2 aliphatic heterocycles. The Kier molecular flexibility index (Phi) is 4.31. The Morgan fingerprint density at radius 1 is 0.931 bits per heavy atom. The van der Waals surface area contributed by atoms with Gasteiger partial charge in [0.1, 0.15) is 5.41 Å². The molecule has 2 saturated heterocycles. The van der Waals surface area contributed by atoms with E-state index in [2.05, 4.69) is 4.90 Å². The van der Waals surface area contributed by atoms with Crippen LogP contribution in [-0.2, 0) is 20.7 Å². The molecule has 1 aliphatic carbocycles. The van der Waals surface area contributed by atoms with Crippen LogP contribution in [0.1, 0.15) is 27.9 Å². The number of Topliss-reactive ketones (excluding diaryl/α,β-unsaturated/α-hetero) is 1. The molecule has 0 saturated carbocycles. The van der Waals surface area contributed by atoms with Crippen molar-refractivity contribution in [3.8, 4) is 0 Å². The number of ketones is 1. The van der Waals surface area contributed by atoms with Crippen molar-refractivity contribution in [3.05, 3.63) is 71.3 Å². The third-order valence-corrected chi connectivity index (χ3v) is 6.65. The number of likely N-dealkylation sites (tertiary alicyclic amines) is 1. The molecule has 6 nitrogen and oxygen atoms in total. The molecule has 29 heavy (non-hydrogen) atoms. The lowest BCUT2D eigenvalue weighted by molar-refractivity contribution is -0.153. The number of amides is 1. The van der Waals surface area contributed by atoms with E-state index < -0.39 is 11.1 Å². The Morgan fingerprint density at radius 2 is 1.62 bits per heavy atom. The molecule has 0 bridgehead atoms. The molecule has 2 unspecified atom stereocenters. The fourth-order valence-electron chi connectivity index (χ4n) is 5.20. The molecule has 0 radical (unpaired) electrons. The molecule has 1 amide bonds. The summed E-state index contributed by atoms with van der Waals surface area (Å²) in [5.41, 5.74) is -1.26. The van der Waals surface area contributed by atoms with Gasteiger partial charge in [0, 0.05) is 43.7 Å². The average Bonchev–Trinajstić information content (AvgIpc) is 3.11. The fourth-order valence-corrected chi connectivity index (χ4v) is 5.20. The summed E-state index contributed by atoms with van der Waals surface area (Å²) >= 11 is 0. The smallest absolute Gasteiger partial charge is 0.226 e. The topological polar surface area (TPSA) is 70.1 Å². The predicted octanol–water partition coefficient (Wildman–Crippen LogP) is 1.53. The van der Waals surface area contributed by atoms with Gasteiger partial charge in [-0.05, 0) is 5.56 Å². The van der Waals surface area contributed by atoms with Gasteiger partial charge in [-0.25, -0.2) is 0 Å². The number of ether oxygens (including phenoxy) is 1. The molecule has 0 aromatic heterocycles. The standard InChI is InChI=1S/C23H24N2O4/c26-20-16-22(17-6-2-1-3-7-17)21(27)18-8-4-5-9-19(18)23(22,28)25(20)11-10-24-12-14-29-15-13-24/h1-9,28H,10-16H2. The van der Waals surface area contributed by atoms with Gasteiger partial charge in [-0.2, -0.15) is 0 Å². The zero-order valence-corrected chi connectivity index (χ0v) is 16.2. The highest BCUT2D eigenvalue weighted by Gasteiger charge is 2.72. The lowest BCUT2D eigenvalue weighted by Gasteiger charge is -2.41. The van der Waals surface area contributed by atoms with Crippen molar-refractivity contribution < 1.29 is 19.4 Å². The number of hydrogen-bond donors (Lipinski definition) is 1. The van der Waals surface area contributed by atoms with Crippen LogP contribution in [0.2, 0.25) is 0 Å². The molecular weight excluding hydrogens is 368 g/mol. The third-order valence-electron chi connectivity index (χ3n) is 6.65. The zero-order chi connectivity index (χ0) is 20.1. The quantitative estimate of drug-likeness (QED) is 0.855. The first kappa shape index (κ1) is 18.5. The summed E-state index contributed by atoms with van der Waals surface area (Å²) in [7, 11) is 0. The molecule has 5 rings (SSSR count). The molecule has 3 aliphatic rings. The molecule has 6 heteroatoms. The third kappa shape index (κ3) is 2.46. The van der Waals surface area contributed by atoms with Crippen LogP contribution in [0.5, 0.6) is 0 Å². The van der Waals surface area contributed by atoms with Crippen LogP contribution >= 0.6 is 0 Å². The van der Waals surface area contributed by atoms with Crippen molar-refractivity contribution in [2.24, 2.45) is 0 Å². The molecule has 0 spiro atoms. The fraction of sp³-hybridized carbons (Fsp3) is 0.391. The second-order valence-electron chi connectivity index (χ2n) is 7.99. The Balaban J connectivity index is 1.60. The summed E-state index contributed by atoms with van der Waals surface area (Å²) < 4.78 is 5.40. The first-order valence-electron chi connectivity index (χ1n) is 10.1. The second kappa shape index (κ2) is 6.76. The first-order valence-corrected chi connectivity index (χ1v) is 10.1. The van der Waals surface area contributed by atoms with E-state index in [0.29, 0.717) is 43.0 Å². The maximum Gasteiger partial charge on any atom is 0.226 e. The van der Waals surface area contributed by atoms with E-state index in [1.807, 2.05) is 36.4 Å². The summed E-state index contributed by atoms with van der Waals surface area (Å²) in [6, 6.07) is 16.4. The highest BCUT2D eigenvalue weighted by molar-refractivity contribution is 6.14. The molecule has 150 valence electrons. The number of morpholine rings is 1. The molecular formula is C23H24N2O4. The van der Waals surface area contributed by atoms with Crippen molar-refractivity contribution >= 4 is 11.7 Å².